The molecule has 1 atom stereocenters. The van der Waals surface area contributed by atoms with Crippen molar-refractivity contribution >= 4 is 17.3 Å². The largest absolute Gasteiger partial charge is 0.573 e. The second-order valence-corrected chi connectivity index (χ2v) is 6.18. The first-order chi connectivity index (χ1) is 12.3. The number of halogens is 3. The number of hydrogen-bond acceptors (Lipinski definition) is 3. The van der Waals surface area contributed by atoms with Crippen LogP contribution in [0.25, 0.3) is 0 Å². The van der Waals surface area contributed by atoms with E-state index < -0.39 is 6.36 Å². The Hall–Kier alpha value is -2.70. The SMILES string of the molecule is CC(Nc1ccc(N2CCCC2=O)cc1)c1ccc(OC(F)(F)F)cc1. The van der Waals surface area contributed by atoms with Crippen molar-refractivity contribution in [1.82, 2.24) is 0 Å². The van der Waals surface area contributed by atoms with E-state index in [4.69, 9.17) is 0 Å². The van der Waals surface area contributed by atoms with Crippen LogP contribution >= 0.6 is 0 Å². The van der Waals surface area contributed by atoms with Crippen LogP contribution in [0.2, 0.25) is 0 Å². The fourth-order valence-electron chi connectivity index (χ4n) is 2.95. The molecule has 1 aliphatic heterocycles. The number of carbonyl (C=O) groups excluding carboxylic acids is 1. The van der Waals surface area contributed by atoms with Gasteiger partial charge in [-0.25, -0.2) is 0 Å². The molecule has 7 heteroatoms. The number of alkyl halides is 3. The number of rotatable bonds is 5. The summed E-state index contributed by atoms with van der Waals surface area (Å²) in [5.41, 5.74) is 2.57. The molecule has 0 aromatic heterocycles. The highest BCUT2D eigenvalue weighted by molar-refractivity contribution is 5.95. The molecule has 2 aromatic rings. The molecule has 3 rings (SSSR count). The second-order valence-electron chi connectivity index (χ2n) is 6.18. The number of ether oxygens (including phenoxy) is 1. The number of carbonyl (C=O) groups is 1. The highest BCUT2D eigenvalue weighted by atomic mass is 19.4. The van der Waals surface area contributed by atoms with E-state index >= 15 is 0 Å². The Morgan fingerprint density at radius 3 is 2.27 bits per heavy atom. The monoisotopic (exact) mass is 364 g/mol. The van der Waals surface area contributed by atoms with Crippen molar-refractivity contribution in [2.45, 2.75) is 32.2 Å². The van der Waals surface area contributed by atoms with Crippen LogP contribution in [-0.4, -0.2) is 18.8 Å². The highest BCUT2D eigenvalue weighted by Gasteiger charge is 2.31. The van der Waals surface area contributed by atoms with Gasteiger partial charge in [0.25, 0.3) is 0 Å². The fourth-order valence-corrected chi connectivity index (χ4v) is 2.95. The summed E-state index contributed by atoms with van der Waals surface area (Å²) in [6.45, 7) is 2.66. The van der Waals surface area contributed by atoms with Crippen molar-refractivity contribution in [3.8, 4) is 5.75 Å². The van der Waals surface area contributed by atoms with Crippen molar-refractivity contribution < 1.29 is 22.7 Å². The van der Waals surface area contributed by atoms with Gasteiger partial charge in [-0.3, -0.25) is 4.79 Å². The average Bonchev–Trinajstić information content (AvgIpc) is 3.01. The van der Waals surface area contributed by atoms with Crippen LogP contribution < -0.4 is 15.0 Å². The highest BCUT2D eigenvalue weighted by Crippen LogP contribution is 2.27. The first kappa shape index (κ1) is 18.1. The number of nitrogens with zero attached hydrogens (tertiary/aromatic N) is 1. The van der Waals surface area contributed by atoms with Gasteiger partial charge in [-0.2, -0.15) is 0 Å². The molecule has 2 aromatic carbocycles. The molecule has 1 saturated heterocycles. The van der Waals surface area contributed by atoms with Crippen molar-refractivity contribution in [2.24, 2.45) is 0 Å². The Balaban J connectivity index is 1.62. The van der Waals surface area contributed by atoms with Crippen LogP contribution in [-0.2, 0) is 4.79 Å². The summed E-state index contributed by atoms with van der Waals surface area (Å²) >= 11 is 0. The van der Waals surface area contributed by atoms with Crippen LogP contribution in [0.3, 0.4) is 0 Å². The van der Waals surface area contributed by atoms with Gasteiger partial charge in [-0.05, 0) is 55.3 Å². The van der Waals surface area contributed by atoms with E-state index in [9.17, 15) is 18.0 Å². The van der Waals surface area contributed by atoms with Crippen LogP contribution in [0, 0.1) is 0 Å². The van der Waals surface area contributed by atoms with Gasteiger partial charge < -0.3 is 15.0 Å². The third kappa shape index (κ3) is 4.47. The number of hydrogen-bond donors (Lipinski definition) is 1. The number of amides is 1. The number of benzene rings is 2. The number of anilines is 2. The van der Waals surface area contributed by atoms with Gasteiger partial charge in [0.1, 0.15) is 5.75 Å². The number of nitrogens with one attached hydrogen (secondary N) is 1. The Kier molecular flexibility index (Phi) is 5.06. The maximum atomic E-state index is 12.2. The summed E-state index contributed by atoms with van der Waals surface area (Å²) in [7, 11) is 0. The van der Waals surface area contributed by atoms with E-state index in [0.717, 1.165) is 29.9 Å². The summed E-state index contributed by atoms with van der Waals surface area (Å²) in [4.78, 5) is 13.5. The molecular formula is C19H19F3N2O2. The maximum absolute atomic E-state index is 12.2. The lowest BCUT2D eigenvalue weighted by Crippen LogP contribution is -2.23. The molecule has 1 N–H and O–H groups in total. The minimum Gasteiger partial charge on any atom is -0.406 e. The first-order valence-corrected chi connectivity index (χ1v) is 8.34. The molecule has 1 aliphatic rings. The standard InChI is InChI=1S/C19H19F3N2O2/c1-13(14-4-10-17(11-5-14)26-19(20,21)22)23-15-6-8-16(9-7-15)24-12-2-3-18(24)25/h4-11,13,23H,2-3,12H2,1H3. The lowest BCUT2D eigenvalue weighted by atomic mass is 10.1. The van der Waals surface area contributed by atoms with Gasteiger partial charge in [0.15, 0.2) is 0 Å². The predicted molar refractivity (Wildman–Crippen MR) is 93.2 cm³/mol. The van der Waals surface area contributed by atoms with Gasteiger partial charge in [0.05, 0.1) is 0 Å². The van der Waals surface area contributed by atoms with Gasteiger partial charge in [0, 0.05) is 30.4 Å². The zero-order valence-electron chi connectivity index (χ0n) is 14.2. The van der Waals surface area contributed by atoms with Crippen LogP contribution in [0.4, 0.5) is 24.5 Å². The summed E-state index contributed by atoms with van der Waals surface area (Å²) in [5, 5.41) is 3.29. The Morgan fingerprint density at radius 1 is 1.08 bits per heavy atom. The summed E-state index contributed by atoms with van der Waals surface area (Å²) in [6, 6.07) is 13.2. The molecule has 1 unspecified atom stereocenters. The average molecular weight is 364 g/mol. The Morgan fingerprint density at radius 2 is 1.73 bits per heavy atom. The normalized spacial score (nSPS) is 15.8. The summed E-state index contributed by atoms with van der Waals surface area (Å²) in [6.07, 6.45) is -3.22. The molecule has 0 aliphatic carbocycles. The molecule has 1 fully saturated rings. The van der Waals surface area contributed by atoms with E-state index in [1.54, 1.807) is 17.0 Å². The van der Waals surface area contributed by atoms with Crippen molar-refractivity contribution in [2.75, 3.05) is 16.8 Å². The summed E-state index contributed by atoms with van der Waals surface area (Å²) < 4.78 is 40.5. The zero-order valence-corrected chi connectivity index (χ0v) is 14.2. The van der Waals surface area contributed by atoms with Gasteiger partial charge in [-0.1, -0.05) is 12.1 Å². The molecule has 1 amide bonds. The molecule has 0 radical (unpaired) electrons. The lowest BCUT2D eigenvalue weighted by molar-refractivity contribution is -0.274. The minimum atomic E-state index is -4.69. The van der Waals surface area contributed by atoms with Gasteiger partial charge in [0.2, 0.25) is 5.91 Å². The molecule has 1 heterocycles. The zero-order chi connectivity index (χ0) is 18.7. The van der Waals surface area contributed by atoms with E-state index in [2.05, 4.69) is 10.1 Å². The summed E-state index contributed by atoms with van der Waals surface area (Å²) in [5.74, 6) is -0.103. The Bertz CT molecular complexity index is 758. The van der Waals surface area contributed by atoms with Crippen LogP contribution in [0.1, 0.15) is 31.4 Å². The van der Waals surface area contributed by atoms with E-state index in [1.165, 1.54) is 12.1 Å². The predicted octanol–water partition coefficient (Wildman–Crippen LogP) is 4.89. The smallest absolute Gasteiger partial charge is 0.406 e. The van der Waals surface area contributed by atoms with Gasteiger partial charge >= 0.3 is 6.36 Å². The minimum absolute atomic E-state index is 0.103. The first-order valence-electron chi connectivity index (χ1n) is 8.34. The topological polar surface area (TPSA) is 41.6 Å². The van der Waals surface area contributed by atoms with Crippen molar-refractivity contribution in [3.05, 3.63) is 54.1 Å². The van der Waals surface area contributed by atoms with Crippen molar-refractivity contribution in [3.63, 3.8) is 0 Å². The Labute approximate surface area is 149 Å². The fraction of sp³-hybridized carbons (Fsp3) is 0.316. The molecular weight excluding hydrogens is 345 g/mol. The quantitative estimate of drug-likeness (QED) is 0.822. The maximum Gasteiger partial charge on any atom is 0.573 e. The third-order valence-corrected chi connectivity index (χ3v) is 4.25. The van der Waals surface area contributed by atoms with E-state index in [-0.39, 0.29) is 17.7 Å². The second kappa shape index (κ2) is 7.27. The van der Waals surface area contributed by atoms with Crippen LogP contribution in [0.5, 0.6) is 5.75 Å². The third-order valence-electron chi connectivity index (χ3n) is 4.25. The van der Waals surface area contributed by atoms with Crippen molar-refractivity contribution in [1.29, 1.82) is 0 Å². The van der Waals surface area contributed by atoms with Gasteiger partial charge in [-0.15, -0.1) is 13.2 Å². The van der Waals surface area contributed by atoms with E-state index in [1.807, 2.05) is 31.2 Å². The molecule has 0 saturated carbocycles. The molecule has 0 bridgehead atoms. The molecule has 0 spiro atoms. The molecule has 26 heavy (non-hydrogen) atoms. The van der Waals surface area contributed by atoms with E-state index in [0.29, 0.717) is 6.42 Å². The lowest BCUT2D eigenvalue weighted by Gasteiger charge is -2.19. The molecule has 138 valence electrons. The van der Waals surface area contributed by atoms with Crippen LogP contribution in [0.15, 0.2) is 48.5 Å². The molecule has 4 nitrogen and oxygen atoms in total.